The highest BCUT2D eigenvalue weighted by atomic mass is 16.5. The molecule has 6 heteroatoms. The van der Waals surface area contributed by atoms with Gasteiger partial charge in [-0.05, 0) is 0 Å². The van der Waals surface area contributed by atoms with E-state index in [1.165, 1.54) is 12.4 Å². The quantitative estimate of drug-likeness (QED) is 0.517. The van der Waals surface area contributed by atoms with E-state index in [2.05, 4.69) is 15.5 Å². The third kappa shape index (κ3) is 3.55. The summed E-state index contributed by atoms with van der Waals surface area (Å²) in [6.07, 6.45) is 3.01. The Morgan fingerprint density at radius 3 is 3.14 bits per heavy atom. The van der Waals surface area contributed by atoms with Crippen LogP contribution in [-0.2, 0) is 4.74 Å². The highest BCUT2D eigenvalue weighted by Gasteiger charge is 2.04. The second-order valence-electron chi connectivity index (χ2n) is 2.64. The van der Waals surface area contributed by atoms with Crippen LogP contribution in [0.5, 0.6) is 0 Å². The Morgan fingerprint density at radius 2 is 2.50 bits per heavy atom. The SMILES string of the molecule is NCCOCCNC(=O)c1cn[nH]c1. The number of rotatable bonds is 6. The normalized spacial score (nSPS) is 10.1. The number of aromatic nitrogens is 2. The molecule has 0 radical (unpaired) electrons. The first-order valence-electron chi connectivity index (χ1n) is 4.39. The van der Waals surface area contributed by atoms with Crippen molar-refractivity contribution in [3.05, 3.63) is 18.0 Å². The Labute approximate surface area is 81.8 Å². The fourth-order valence-electron chi connectivity index (χ4n) is 0.899. The number of hydrogen-bond acceptors (Lipinski definition) is 4. The third-order valence-corrected chi connectivity index (χ3v) is 1.55. The van der Waals surface area contributed by atoms with Gasteiger partial charge in [0, 0.05) is 19.3 Å². The number of nitrogens with one attached hydrogen (secondary N) is 2. The Hall–Kier alpha value is -1.40. The molecule has 0 aliphatic heterocycles. The average molecular weight is 198 g/mol. The van der Waals surface area contributed by atoms with E-state index in [1.54, 1.807) is 0 Å². The molecule has 1 aromatic rings. The van der Waals surface area contributed by atoms with Gasteiger partial charge < -0.3 is 15.8 Å². The van der Waals surface area contributed by atoms with E-state index in [4.69, 9.17) is 10.5 Å². The number of aromatic amines is 1. The summed E-state index contributed by atoms with van der Waals surface area (Å²) in [7, 11) is 0. The van der Waals surface area contributed by atoms with Crippen LogP contribution < -0.4 is 11.1 Å². The topological polar surface area (TPSA) is 93.0 Å². The smallest absolute Gasteiger partial charge is 0.254 e. The maximum Gasteiger partial charge on any atom is 0.254 e. The zero-order valence-electron chi connectivity index (χ0n) is 7.82. The number of carbonyl (C=O) groups excluding carboxylic acids is 1. The molecule has 1 amide bonds. The van der Waals surface area contributed by atoms with E-state index in [9.17, 15) is 4.79 Å². The summed E-state index contributed by atoms with van der Waals surface area (Å²) in [4.78, 5) is 11.3. The molecule has 78 valence electrons. The monoisotopic (exact) mass is 198 g/mol. The van der Waals surface area contributed by atoms with Crippen LogP contribution in [0.25, 0.3) is 0 Å². The largest absolute Gasteiger partial charge is 0.378 e. The summed E-state index contributed by atoms with van der Waals surface area (Å²) in [5, 5.41) is 8.91. The summed E-state index contributed by atoms with van der Waals surface area (Å²) < 4.78 is 5.09. The predicted octanol–water partition coefficient (Wildman–Crippen LogP) is -0.885. The summed E-state index contributed by atoms with van der Waals surface area (Å²) >= 11 is 0. The van der Waals surface area contributed by atoms with Crippen LogP contribution in [0.1, 0.15) is 10.4 Å². The van der Waals surface area contributed by atoms with Crippen molar-refractivity contribution in [1.82, 2.24) is 15.5 Å². The number of ether oxygens (including phenoxy) is 1. The molecular weight excluding hydrogens is 184 g/mol. The molecule has 6 nitrogen and oxygen atoms in total. The maximum atomic E-state index is 11.3. The minimum atomic E-state index is -0.157. The summed E-state index contributed by atoms with van der Waals surface area (Å²) in [5.41, 5.74) is 5.74. The fraction of sp³-hybridized carbons (Fsp3) is 0.500. The molecule has 1 rings (SSSR count). The molecule has 1 aromatic heterocycles. The zero-order chi connectivity index (χ0) is 10.2. The number of H-pyrrole nitrogens is 1. The number of amides is 1. The lowest BCUT2D eigenvalue weighted by Gasteiger charge is -2.03. The highest BCUT2D eigenvalue weighted by Crippen LogP contribution is 1.91. The molecule has 0 bridgehead atoms. The van der Waals surface area contributed by atoms with Crippen molar-refractivity contribution in [2.45, 2.75) is 0 Å². The van der Waals surface area contributed by atoms with Crippen molar-refractivity contribution in [2.24, 2.45) is 5.73 Å². The molecule has 0 fully saturated rings. The van der Waals surface area contributed by atoms with E-state index in [0.717, 1.165) is 0 Å². The standard InChI is InChI=1S/C8H14N4O2/c9-1-3-14-4-2-10-8(13)7-5-11-12-6-7/h5-6H,1-4,9H2,(H,10,13)(H,11,12). The Kier molecular flexibility index (Phi) is 4.66. The molecule has 1 heterocycles. The molecule has 0 aliphatic rings. The second-order valence-corrected chi connectivity index (χ2v) is 2.64. The number of nitrogens with two attached hydrogens (primary N) is 1. The van der Waals surface area contributed by atoms with Crippen molar-refractivity contribution >= 4 is 5.91 Å². The lowest BCUT2D eigenvalue weighted by Crippen LogP contribution is -2.27. The predicted molar refractivity (Wildman–Crippen MR) is 50.8 cm³/mol. The van der Waals surface area contributed by atoms with Crippen molar-refractivity contribution < 1.29 is 9.53 Å². The number of nitrogens with zero attached hydrogens (tertiary/aromatic N) is 1. The third-order valence-electron chi connectivity index (χ3n) is 1.55. The van der Waals surface area contributed by atoms with Gasteiger partial charge in [-0.2, -0.15) is 5.10 Å². The fourth-order valence-corrected chi connectivity index (χ4v) is 0.899. The van der Waals surface area contributed by atoms with E-state index < -0.39 is 0 Å². The van der Waals surface area contributed by atoms with Gasteiger partial charge in [-0.15, -0.1) is 0 Å². The molecule has 14 heavy (non-hydrogen) atoms. The molecule has 0 aliphatic carbocycles. The van der Waals surface area contributed by atoms with Crippen LogP contribution in [0.4, 0.5) is 0 Å². The Bertz CT molecular complexity index is 260. The van der Waals surface area contributed by atoms with Gasteiger partial charge in [0.05, 0.1) is 25.0 Å². The van der Waals surface area contributed by atoms with Crippen LogP contribution in [0, 0.1) is 0 Å². The summed E-state index contributed by atoms with van der Waals surface area (Å²) in [5.74, 6) is -0.157. The first-order valence-corrected chi connectivity index (χ1v) is 4.39. The van der Waals surface area contributed by atoms with E-state index in [0.29, 0.717) is 31.9 Å². The first-order chi connectivity index (χ1) is 6.84. The van der Waals surface area contributed by atoms with Gasteiger partial charge in [-0.1, -0.05) is 0 Å². The summed E-state index contributed by atoms with van der Waals surface area (Å²) in [6, 6.07) is 0. The minimum Gasteiger partial charge on any atom is -0.378 e. The zero-order valence-corrected chi connectivity index (χ0v) is 7.82. The second kappa shape index (κ2) is 6.11. The van der Waals surface area contributed by atoms with E-state index in [1.807, 2.05) is 0 Å². The van der Waals surface area contributed by atoms with Crippen LogP contribution >= 0.6 is 0 Å². The first kappa shape index (κ1) is 10.7. The van der Waals surface area contributed by atoms with Crippen LogP contribution in [0.3, 0.4) is 0 Å². The van der Waals surface area contributed by atoms with Gasteiger partial charge in [0.25, 0.3) is 5.91 Å². The molecule has 0 spiro atoms. The average Bonchev–Trinajstić information content (AvgIpc) is 2.70. The Balaban J connectivity index is 2.10. The molecule has 4 N–H and O–H groups in total. The van der Waals surface area contributed by atoms with Gasteiger partial charge >= 0.3 is 0 Å². The summed E-state index contributed by atoms with van der Waals surface area (Å²) in [6.45, 7) is 1.96. The van der Waals surface area contributed by atoms with Crippen LogP contribution in [0.15, 0.2) is 12.4 Å². The molecule has 0 atom stereocenters. The van der Waals surface area contributed by atoms with Crippen LogP contribution in [-0.4, -0.2) is 42.4 Å². The molecular formula is C8H14N4O2. The maximum absolute atomic E-state index is 11.3. The van der Waals surface area contributed by atoms with Gasteiger partial charge in [0.2, 0.25) is 0 Å². The van der Waals surface area contributed by atoms with Gasteiger partial charge in [-0.3, -0.25) is 9.89 Å². The minimum absolute atomic E-state index is 0.157. The van der Waals surface area contributed by atoms with Crippen molar-refractivity contribution in [1.29, 1.82) is 0 Å². The number of hydrogen-bond donors (Lipinski definition) is 3. The van der Waals surface area contributed by atoms with E-state index in [-0.39, 0.29) is 5.91 Å². The van der Waals surface area contributed by atoms with Crippen molar-refractivity contribution in [3.8, 4) is 0 Å². The van der Waals surface area contributed by atoms with Gasteiger partial charge in [-0.25, -0.2) is 0 Å². The van der Waals surface area contributed by atoms with Gasteiger partial charge in [0.1, 0.15) is 0 Å². The highest BCUT2D eigenvalue weighted by molar-refractivity contribution is 5.93. The Morgan fingerprint density at radius 1 is 1.64 bits per heavy atom. The lowest BCUT2D eigenvalue weighted by molar-refractivity contribution is 0.0920. The van der Waals surface area contributed by atoms with Crippen molar-refractivity contribution in [2.75, 3.05) is 26.3 Å². The molecule has 0 unspecified atom stereocenters. The molecule has 0 saturated heterocycles. The molecule has 0 aromatic carbocycles. The number of carbonyl (C=O) groups is 1. The lowest BCUT2D eigenvalue weighted by atomic mass is 10.3. The van der Waals surface area contributed by atoms with Gasteiger partial charge in [0.15, 0.2) is 0 Å². The van der Waals surface area contributed by atoms with E-state index >= 15 is 0 Å². The molecule has 0 saturated carbocycles. The van der Waals surface area contributed by atoms with Crippen LogP contribution in [0.2, 0.25) is 0 Å². The van der Waals surface area contributed by atoms with Crippen molar-refractivity contribution in [3.63, 3.8) is 0 Å².